The van der Waals surface area contributed by atoms with Gasteiger partial charge in [0.2, 0.25) is 15.9 Å². The molecule has 2 heterocycles. The van der Waals surface area contributed by atoms with E-state index in [1.54, 1.807) is 38.0 Å². The molecule has 0 radical (unpaired) electrons. The van der Waals surface area contributed by atoms with E-state index in [1.807, 2.05) is 19.1 Å². The fourth-order valence-corrected chi connectivity index (χ4v) is 5.76. The summed E-state index contributed by atoms with van der Waals surface area (Å²) in [5.41, 5.74) is 3.00. The zero-order chi connectivity index (χ0) is 19.1. The van der Waals surface area contributed by atoms with E-state index in [9.17, 15) is 13.2 Å². The third-order valence-corrected chi connectivity index (χ3v) is 6.86. The highest BCUT2D eigenvalue weighted by atomic mass is 32.2. The van der Waals surface area contributed by atoms with Crippen molar-refractivity contribution in [2.45, 2.75) is 44.6 Å². The predicted octanol–water partition coefficient (Wildman–Crippen LogP) is 2.14. The van der Waals surface area contributed by atoms with Crippen LogP contribution in [0.25, 0.3) is 0 Å². The Morgan fingerprint density at radius 2 is 1.88 bits per heavy atom. The van der Waals surface area contributed by atoms with Crippen LogP contribution >= 0.6 is 0 Å². The minimum absolute atomic E-state index is 0.309. The summed E-state index contributed by atoms with van der Waals surface area (Å²) >= 11 is 0. The molecule has 0 bridgehead atoms. The van der Waals surface area contributed by atoms with Crippen molar-refractivity contribution in [2.75, 3.05) is 11.9 Å². The highest BCUT2D eigenvalue weighted by Crippen LogP contribution is 2.31. The average Bonchev–Trinajstić information content (AvgIpc) is 3.15. The van der Waals surface area contributed by atoms with Crippen LogP contribution in [0.3, 0.4) is 0 Å². The first-order valence-corrected chi connectivity index (χ1v) is 10.0. The van der Waals surface area contributed by atoms with Gasteiger partial charge in [0.1, 0.15) is 6.04 Å². The topological polar surface area (TPSA) is 84.3 Å². The number of hydrogen-bond donors (Lipinski definition) is 1. The van der Waals surface area contributed by atoms with Gasteiger partial charge in [-0.3, -0.25) is 9.48 Å². The Balaban J connectivity index is 1.90. The summed E-state index contributed by atoms with van der Waals surface area (Å²) < 4.78 is 29.5. The number of sulfonamides is 1. The van der Waals surface area contributed by atoms with Gasteiger partial charge in [0, 0.05) is 19.8 Å². The molecule has 140 valence electrons. The summed E-state index contributed by atoms with van der Waals surface area (Å²) in [7, 11) is -1.99. The van der Waals surface area contributed by atoms with Crippen molar-refractivity contribution in [3.8, 4) is 0 Å². The van der Waals surface area contributed by atoms with Crippen LogP contribution in [0.4, 0.5) is 5.69 Å². The van der Waals surface area contributed by atoms with Crippen LogP contribution in [0.5, 0.6) is 0 Å². The maximum Gasteiger partial charge on any atom is 0.244 e. The summed E-state index contributed by atoms with van der Waals surface area (Å²) in [6.07, 6.45) is 4.39. The minimum Gasteiger partial charge on any atom is -0.322 e. The second-order valence-electron chi connectivity index (χ2n) is 6.89. The molecular formula is C18H24N4O3S. The van der Waals surface area contributed by atoms with Crippen molar-refractivity contribution in [1.82, 2.24) is 14.1 Å². The van der Waals surface area contributed by atoms with Gasteiger partial charge < -0.3 is 5.32 Å². The molecule has 1 aromatic carbocycles. The standard InChI is InChI=1S/C18H24N4O3S/c1-12-8-13(2)17(14(3)9-12)26(24,25)22-7-5-6-16(22)18(23)20-15-10-19-21(4)11-15/h8-11,16H,5-7H2,1-4H3,(H,20,23). The van der Waals surface area contributed by atoms with E-state index in [4.69, 9.17) is 0 Å². The molecule has 0 spiro atoms. The van der Waals surface area contributed by atoms with Crippen molar-refractivity contribution in [3.63, 3.8) is 0 Å². The highest BCUT2D eigenvalue weighted by Gasteiger charge is 2.40. The van der Waals surface area contributed by atoms with Gasteiger partial charge in [0.05, 0.1) is 16.8 Å². The van der Waals surface area contributed by atoms with E-state index in [-0.39, 0.29) is 5.91 Å². The Bertz CT molecular complexity index is 926. The second-order valence-corrected chi connectivity index (χ2v) is 8.72. The molecule has 1 aliphatic heterocycles. The summed E-state index contributed by atoms with van der Waals surface area (Å²) in [6, 6.07) is 3.02. The highest BCUT2D eigenvalue weighted by molar-refractivity contribution is 7.89. The minimum atomic E-state index is -3.75. The number of carbonyl (C=O) groups excluding carboxylic acids is 1. The van der Waals surface area contributed by atoms with Crippen LogP contribution < -0.4 is 5.32 Å². The van der Waals surface area contributed by atoms with Crippen LogP contribution in [0, 0.1) is 20.8 Å². The lowest BCUT2D eigenvalue weighted by Crippen LogP contribution is -2.43. The molecule has 1 atom stereocenters. The second kappa shape index (κ2) is 6.85. The third-order valence-electron chi connectivity index (χ3n) is 4.65. The molecule has 1 aliphatic rings. The first-order valence-electron chi connectivity index (χ1n) is 8.59. The van der Waals surface area contributed by atoms with Gasteiger partial charge >= 0.3 is 0 Å². The molecule has 1 unspecified atom stereocenters. The Morgan fingerprint density at radius 3 is 2.46 bits per heavy atom. The number of amides is 1. The van der Waals surface area contributed by atoms with Crippen molar-refractivity contribution in [3.05, 3.63) is 41.2 Å². The third kappa shape index (κ3) is 3.39. The lowest BCUT2D eigenvalue weighted by atomic mass is 10.1. The number of aryl methyl sites for hydroxylation is 4. The summed E-state index contributed by atoms with van der Waals surface area (Å²) in [5, 5.41) is 6.78. The van der Waals surface area contributed by atoms with Gasteiger partial charge in [0.25, 0.3) is 0 Å². The molecular weight excluding hydrogens is 352 g/mol. The molecule has 0 saturated carbocycles. The van der Waals surface area contributed by atoms with E-state index >= 15 is 0 Å². The monoisotopic (exact) mass is 376 g/mol. The molecule has 1 fully saturated rings. The first-order chi connectivity index (χ1) is 12.2. The molecule has 3 rings (SSSR count). The largest absolute Gasteiger partial charge is 0.322 e. The van der Waals surface area contributed by atoms with Crippen LogP contribution in [0.2, 0.25) is 0 Å². The van der Waals surface area contributed by atoms with Gasteiger partial charge in [-0.15, -0.1) is 0 Å². The Morgan fingerprint density at radius 1 is 1.23 bits per heavy atom. The lowest BCUT2D eigenvalue weighted by molar-refractivity contribution is -0.119. The van der Waals surface area contributed by atoms with Crippen molar-refractivity contribution in [2.24, 2.45) is 7.05 Å². The number of anilines is 1. The maximum absolute atomic E-state index is 13.3. The van der Waals surface area contributed by atoms with Crippen molar-refractivity contribution in [1.29, 1.82) is 0 Å². The molecule has 1 saturated heterocycles. The number of benzene rings is 1. The van der Waals surface area contributed by atoms with Gasteiger partial charge in [-0.05, 0) is 44.7 Å². The number of carbonyl (C=O) groups is 1. The van der Waals surface area contributed by atoms with Gasteiger partial charge in [-0.2, -0.15) is 9.40 Å². The van der Waals surface area contributed by atoms with Gasteiger partial charge in [-0.25, -0.2) is 8.42 Å². The number of aromatic nitrogens is 2. The zero-order valence-corrected chi connectivity index (χ0v) is 16.3. The molecule has 7 nitrogen and oxygen atoms in total. The number of hydrogen-bond acceptors (Lipinski definition) is 4. The summed E-state index contributed by atoms with van der Waals surface area (Å²) in [4.78, 5) is 13.0. The smallest absolute Gasteiger partial charge is 0.244 e. The number of nitrogens with one attached hydrogen (secondary N) is 1. The van der Waals surface area contributed by atoms with E-state index in [0.29, 0.717) is 41.1 Å². The number of nitrogens with zero attached hydrogens (tertiary/aromatic N) is 3. The predicted molar refractivity (Wildman–Crippen MR) is 99.4 cm³/mol. The van der Waals surface area contributed by atoms with Crippen molar-refractivity contribution >= 4 is 21.6 Å². The Hall–Kier alpha value is -2.19. The van der Waals surface area contributed by atoms with E-state index in [2.05, 4.69) is 10.4 Å². The Labute approximate surface area is 154 Å². The number of rotatable bonds is 4. The lowest BCUT2D eigenvalue weighted by Gasteiger charge is -2.25. The summed E-state index contributed by atoms with van der Waals surface area (Å²) in [6.45, 7) is 5.89. The van der Waals surface area contributed by atoms with Crippen LogP contribution in [-0.2, 0) is 21.9 Å². The van der Waals surface area contributed by atoms with E-state index < -0.39 is 16.1 Å². The van der Waals surface area contributed by atoms with Gasteiger partial charge in [0.15, 0.2) is 0 Å². The van der Waals surface area contributed by atoms with E-state index in [1.165, 1.54) is 4.31 Å². The normalized spacial score (nSPS) is 18.2. The van der Waals surface area contributed by atoms with Crippen LogP contribution in [0.15, 0.2) is 29.4 Å². The van der Waals surface area contributed by atoms with Gasteiger partial charge in [-0.1, -0.05) is 17.7 Å². The average molecular weight is 376 g/mol. The molecule has 8 heteroatoms. The zero-order valence-electron chi connectivity index (χ0n) is 15.5. The summed E-state index contributed by atoms with van der Waals surface area (Å²) in [5.74, 6) is -0.318. The fourth-order valence-electron chi connectivity index (χ4n) is 3.69. The molecule has 0 aliphatic carbocycles. The fraction of sp³-hybridized carbons (Fsp3) is 0.444. The first kappa shape index (κ1) is 18.6. The van der Waals surface area contributed by atoms with Crippen LogP contribution in [-0.4, -0.2) is 41.0 Å². The molecule has 1 N–H and O–H groups in total. The quantitative estimate of drug-likeness (QED) is 0.886. The van der Waals surface area contributed by atoms with E-state index in [0.717, 1.165) is 5.56 Å². The SMILES string of the molecule is Cc1cc(C)c(S(=O)(=O)N2CCCC2C(=O)Nc2cnn(C)c2)c(C)c1. The molecule has 26 heavy (non-hydrogen) atoms. The molecule has 1 amide bonds. The molecule has 1 aromatic heterocycles. The van der Waals surface area contributed by atoms with Crippen molar-refractivity contribution < 1.29 is 13.2 Å². The Kier molecular flexibility index (Phi) is 4.90. The molecule has 2 aromatic rings. The maximum atomic E-state index is 13.3. The van der Waals surface area contributed by atoms with Crippen LogP contribution in [0.1, 0.15) is 29.5 Å².